The van der Waals surface area contributed by atoms with Crippen molar-refractivity contribution in [3.63, 3.8) is 0 Å². The van der Waals surface area contributed by atoms with Crippen LogP contribution in [0, 0.1) is 0 Å². The van der Waals surface area contributed by atoms with Gasteiger partial charge in [0.25, 0.3) is 0 Å². The Hall–Kier alpha value is -7.02. The van der Waals surface area contributed by atoms with Crippen molar-refractivity contribution in [1.82, 2.24) is 0 Å². The molecular formula is C54H34. The molecule has 11 aromatic carbocycles. The van der Waals surface area contributed by atoms with E-state index in [1.165, 1.54) is 109 Å². The minimum absolute atomic E-state index is 1.24. The van der Waals surface area contributed by atoms with Gasteiger partial charge in [-0.3, -0.25) is 0 Å². The third-order valence-corrected chi connectivity index (χ3v) is 11.5. The molecule has 250 valence electrons. The first-order valence-corrected chi connectivity index (χ1v) is 18.8. The summed E-state index contributed by atoms with van der Waals surface area (Å²) in [5.41, 5.74) is 10.1. The van der Waals surface area contributed by atoms with Gasteiger partial charge >= 0.3 is 0 Å². The van der Waals surface area contributed by atoms with Gasteiger partial charge < -0.3 is 0 Å². The third kappa shape index (κ3) is 4.64. The molecule has 0 aromatic heterocycles. The van der Waals surface area contributed by atoms with E-state index in [0.717, 1.165) is 0 Å². The van der Waals surface area contributed by atoms with Gasteiger partial charge in [-0.15, -0.1) is 0 Å². The number of hydrogen-bond donors (Lipinski definition) is 0. The SMILES string of the molecule is c1ccc2c(-c3c4ccccc4c(-c4ccc(-c5cccc6ccccc56)c5c(-c6cccc7ccccc67)cccc45)c4ccccc34)cccc2c1. The summed E-state index contributed by atoms with van der Waals surface area (Å²) in [4.78, 5) is 0. The molecule has 54 heavy (non-hydrogen) atoms. The van der Waals surface area contributed by atoms with Crippen LogP contribution in [-0.2, 0) is 0 Å². The van der Waals surface area contributed by atoms with Crippen LogP contribution in [0.5, 0.6) is 0 Å². The summed E-state index contributed by atoms with van der Waals surface area (Å²) >= 11 is 0. The lowest BCUT2D eigenvalue weighted by Gasteiger charge is -2.22. The molecule has 0 spiro atoms. The summed E-state index contributed by atoms with van der Waals surface area (Å²) in [7, 11) is 0. The predicted octanol–water partition coefficient (Wildman–Crippen LogP) is 15.3. The second-order valence-corrected chi connectivity index (χ2v) is 14.3. The van der Waals surface area contributed by atoms with E-state index in [0.29, 0.717) is 0 Å². The Morgan fingerprint density at radius 1 is 0.167 bits per heavy atom. The quantitative estimate of drug-likeness (QED) is 0.162. The highest BCUT2D eigenvalue weighted by molar-refractivity contribution is 6.27. The van der Waals surface area contributed by atoms with E-state index in [2.05, 4.69) is 206 Å². The molecule has 0 heterocycles. The largest absolute Gasteiger partial charge is 0.0616 e. The fraction of sp³-hybridized carbons (Fsp3) is 0. The lowest BCUT2D eigenvalue weighted by atomic mass is 9.81. The first-order chi connectivity index (χ1) is 26.8. The standard InChI is InChI=1S/C54H34/c1-4-21-38-35(15-1)18-11-28-41(38)44-31-14-32-49-51(34-33-50(53(44)49)42-29-12-19-36-16-2-5-22-39(36)42)54-47-26-9-7-24-45(47)52(46-25-8-10-27-48(46)54)43-30-13-20-37-17-3-6-23-40(37)43/h1-34H. The van der Waals surface area contributed by atoms with Crippen LogP contribution in [0.4, 0.5) is 0 Å². The van der Waals surface area contributed by atoms with Crippen molar-refractivity contribution in [3.05, 3.63) is 206 Å². The van der Waals surface area contributed by atoms with Gasteiger partial charge in [-0.25, -0.2) is 0 Å². The molecule has 0 aliphatic rings. The summed E-state index contributed by atoms with van der Waals surface area (Å²) in [6, 6.07) is 76.2. The fourth-order valence-corrected chi connectivity index (χ4v) is 9.15. The topological polar surface area (TPSA) is 0 Å². The molecule has 0 saturated heterocycles. The van der Waals surface area contributed by atoms with Crippen LogP contribution in [0.2, 0.25) is 0 Å². The maximum Gasteiger partial charge on any atom is -0.00201 e. The van der Waals surface area contributed by atoms with Crippen molar-refractivity contribution in [3.8, 4) is 44.5 Å². The number of benzene rings is 11. The van der Waals surface area contributed by atoms with Crippen molar-refractivity contribution in [2.24, 2.45) is 0 Å². The minimum atomic E-state index is 1.24. The zero-order valence-corrected chi connectivity index (χ0v) is 29.6. The van der Waals surface area contributed by atoms with Gasteiger partial charge in [0, 0.05) is 0 Å². The Balaban J connectivity index is 1.29. The monoisotopic (exact) mass is 682 g/mol. The average molecular weight is 683 g/mol. The lowest BCUT2D eigenvalue weighted by Crippen LogP contribution is -1.94. The second-order valence-electron chi connectivity index (χ2n) is 14.3. The fourth-order valence-electron chi connectivity index (χ4n) is 9.15. The summed E-state index contributed by atoms with van der Waals surface area (Å²) in [6.07, 6.45) is 0. The van der Waals surface area contributed by atoms with Crippen molar-refractivity contribution >= 4 is 64.6 Å². The molecule has 0 fully saturated rings. The van der Waals surface area contributed by atoms with Gasteiger partial charge in [-0.2, -0.15) is 0 Å². The molecule has 11 aromatic rings. The van der Waals surface area contributed by atoms with E-state index in [-0.39, 0.29) is 0 Å². The second kappa shape index (κ2) is 12.3. The Labute approximate surface area is 314 Å². The Morgan fingerprint density at radius 2 is 0.444 bits per heavy atom. The molecular weight excluding hydrogens is 649 g/mol. The normalized spacial score (nSPS) is 11.7. The molecule has 0 radical (unpaired) electrons. The lowest BCUT2D eigenvalue weighted by molar-refractivity contribution is 1.65. The van der Waals surface area contributed by atoms with Crippen molar-refractivity contribution < 1.29 is 0 Å². The van der Waals surface area contributed by atoms with Crippen molar-refractivity contribution in [2.45, 2.75) is 0 Å². The number of hydrogen-bond acceptors (Lipinski definition) is 0. The van der Waals surface area contributed by atoms with Gasteiger partial charge in [0.05, 0.1) is 0 Å². The van der Waals surface area contributed by atoms with Crippen molar-refractivity contribution in [2.75, 3.05) is 0 Å². The molecule has 0 aliphatic carbocycles. The first kappa shape index (κ1) is 30.6. The summed E-state index contributed by atoms with van der Waals surface area (Å²) in [5, 5.41) is 15.1. The predicted molar refractivity (Wildman–Crippen MR) is 233 cm³/mol. The van der Waals surface area contributed by atoms with E-state index in [1.807, 2.05) is 0 Å². The third-order valence-electron chi connectivity index (χ3n) is 11.5. The molecule has 0 amide bonds. The van der Waals surface area contributed by atoms with Crippen LogP contribution in [0.3, 0.4) is 0 Å². The highest BCUT2D eigenvalue weighted by Gasteiger charge is 2.22. The van der Waals surface area contributed by atoms with Gasteiger partial charge in [0.2, 0.25) is 0 Å². The minimum Gasteiger partial charge on any atom is -0.0616 e. The molecule has 0 atom stereocenters. The smallest absolute Gasteiger partial charge is 0.00201 e. The summed E-state index contributed by atoms with van der Waals surface area (Å²) < 4.78 is 0. The van der Waals surface area contributed by atoms with Crippen LogP contribution < -0.4 is 0 Å². The molecule has 0 nitrogen and oxygen atoms in total. The average Bonchev–Trinajstić information content (AvgIpc) is 3.24. The van der Waals surface area contributed by atoms with Gasteiger partial charge in [-0.05, 0) is 109 Å². The van der Waals surface area contributed by atoms with Crippen LogP contribution >= 0.6 is 0 Å². The zero-order chi connectivity index (χ0) is 35.6. The van der Waals surface area contributed by atoms with Crippen molar-refractivity contribution in [1.29, 1.82) is 0 Å². The van der Waals surface area contributed by atoms with E-state index in [1.54, 1.807) is 0 Å². The van der Waals surface area contributed by atoms with E-state index in [4.69, 9.17) is 0 Å². The summed E-state index contributed by atoms with van der Waals surface area (Å²) in [6.45, 7) is 0. The van der Waals surface area contributed by atoms with Crippen LogP contribution in [-0.4, -0.2) is 0 Å². The maximum absolute atomic E-state index is 2.39. The van der Waals surface area contributed by atoms with Gasteiger partial charge in [-0.1, -0.05) is 206 Å². The van der Waals surface area contributed by atoms with Gasteiger partial charge in [0.15, 0.2) is 0 Å². The molecule has 0 aliphatic heterocycles. The Morgan fingerprint density at radius 3 is 0.926 bits per heavy atom. The zero-order valence-electron chi connectivity index (χ0n) is 29.6. The molecule has 0 heteroatoms. The molecule has 0 N–H and O–H groups in total. The highest BCUT2D eigenvalue weighted by atomic mass is 14.2. The maximum atomic E-state index is 2.39. The van der Waals surface area contributed by atoms with Crippen LogP contribution in [0.25, 0.3) is 109 Å². The molecule has 0 unspecified atom stereocenters. The molecule has 0 bridgehead atoms. The Bertz CT molecular complexity index is 3110. The number of fused-ring (bicyclic) bond motifs is 6. The van der Waals surface area contributed by atoms with Crippen LogP contribution in [0.15, 0.2) is 206 Å². The highest BCUT2D eigenvalue weighted by Crippen LogP contribution is 2.49. The number of rotatable bonds is 4. The van der Waals surface area contributed by atoms with E-state index in [9.17, 15) is 0 Å². The molecule has 0 saturated carbocycles. The summed E-state index contributed by atoms with van der Waals surface area (Å²) in [5.74, 6) is 0. The van der Waals surface area contributed by atoms with E-state index >= 15 is 0 Å². The van der Waals surface area contributed by atoms with Gasteiger partial charge in [0.1, 0.15) is 0 Å². The van der Waals surface area contributed by atoms with E-state index < -0.39 is 0 Å². The van der Waals surface area contributed by atoms with Crippen LogP contribution in [0.1, 0.15) is 0 Å². The molecule has 11 rings (SSSR count). The Kier molecular flexibility index (Phi) is 6.97. The first-order valence-electron chi connectivity index (χ1n) is 18.8.